The van der Waals surface area contributed by atoms with Gasteiger partial charge in [0.05, 0.1) is 23.8 Å². The minimum atomic E-state index is -3.01. The zero-order valence-electron chi connectivity index (χ0n) is 27.2. The van der Waals surface area contributed by atoms with Crippen LogP contribution in [0.5, 0.6) is 5.75 Å². The summed E-state index contributed by atoms with van der Waals surface area (Å²) in [6, 6.07) is 17.5. The Morgan fingerprint density at radius 3 is 2.14 bits per heavy atom. The fraction of sp³-hybridized carbons (Fsp3) is 0.378. The Balaban J connectivity index is 1.49. The number of carbonyl (C=O) groups excluding carboxylic acids is 1. The van der Waals surface area contributed by atoms with Crippen molar-refractivity contribution in [2.45, 2.75) is 63.5 Å². The van der Waals surface area contributed by atoms with Crippen molar-refractivity contribution in [1.82, 2.24) is 0 Å². The molecule has 1 amide bonds. The molecule has 1 fully saturated rings. The first-order chi connectivity index (χ1) is 23.2. The van der Waals surface area contributed by atoms with Gasteiger partial charge >= 0.3 is 11.9 Å². The smallest absolute Gasteiger partial charge is 0.317 e. The van der Waals surface area contributed by atoms with Crippen LogP contribution in [0.2, 0.25) is 0 Å². The van der Waals surface area contributed by atoms with Crippen molar-refractivity contribution >= 4 is 33.4 Å². The number of aliphatic carboxylic acids is 2. The second-order valence-corrected chi connectivity index (χ2v) is 14.8. The number of rotatable bonds is 18. The lowest BCUT2D eigenvalue weighted by atomic mass is 9.77. The molecule has 3 atom stereocenters. The van der Waals surface area contributed by atoms with E-state index in [9.17, 15) is 37.4 Å². The average Bonchev–Trinajstić information content (AvgIpc) is 3.04. The molecule has 262 valence electrons. The largest absolute Gasteiger partial charge is 0.508 e. The predicted octanol–water partition coefficient (Wildman–Crippen LogP) is 5.78. The second-order valence-electron chi connectivity index (χ2n) is 12.5. The van der Waals surface area contributed by atoms with Gasteiger partial charge in [-0.3, -0.25) is 14.4 Å². The van der Waals surface area contributed by atoms with Crippen molar-refractivity contribution in [1.29, 1.82) is 0 Å². The van der Waals surface area contributed by atoms with E-state index in [1.165, 1.54) is 30.5 Å². The van der Waals surface area contributed by atoms with E-state index >= 15 is 0 Å². The van der Waals surface area contributed by atoms with Crippen molar-refractivity contribution in [2.24, 2.45) is 11.8 Å². The molecular weight excluding hydrogens is 653 g/mol. The number of aryl methyl sites for hydroxylation is 2. The second kappa shape index (κ2) is 16.7. The molecule has 0 aromatic heterocycles. The zero-order chi connectivity index (χ0) is 35.7. The minimum absolute atomic E-state index is 0.0589. The van der Waals surface area contributed by atoms with Gasteiger partial charge in [-0.25, -0.2) is 12.8 Å². The van der Waals surface area contributed by atoms with Crippen LogP contribution in [0, 0.1) is 17.7 Å². The summed E-state index contributed by atoms with van der Waals surface area (Å²) in [6.07, 6.45) is 7.09. The molecule has 0 aliphatic carbocycles. The number of sulfone groups is 1. The fourth-order valence-electron chi connectivity index (χ4n) is 6.11. The third kappa shape index (κ3) is 10.2. The minimum Gasteiger partial charge on any atom is -0.508 e. The lowest BCUT2D eigenvalue weighted by molar-refractivity contribution is -0.154. The highest BCUT2D eigenvalue weighted by molar-refractivity contribution is 7.90. The number of carboxylic acids is 2. The molecule has 12 heteroatoms. The van der Waals surface area contributed by atoms with Gasteiger partial charge < -0.3 is 25.3 Å². The Morgan fingerprint density at radius 2 is 1.53 bits per heavy atom. The van der Waals surface area contributed by atoms with Crippen LogP contribution in [0.1, 0.15) is 72.9 Å². The van der Waals surface area contributed by atoms with Gasteiger partial charge in [0.2, 0.25) is 5.91 Å². The number of hydrogen-bond donors (Lipinski definition) is 4. The average molecular weight is 696 g/mol. The number of nitrogens with zero attached hydrogens (tertiary/aromatic N) is 1. The quantitative estimate of drug-likeness (QED) is 0.0732. The molecule has 4 N–H and O–H groups in total. The molecule has 0 spiro atoms. The van der Waals surface area contributed by atoms with Gasteiger partial charge in [-0.1, -0.05) is 48.6 Å². The van der Waals surface area contributed by atoms with Gasteiger partial charge in [0, 0.05) is 17.5 Å². The van der Waals surface area contributed by atoms with Gasteiger partial charge in [0.15, 0.2) is 5.92 Å². The Hall–Kier alpha value is -4.55. The predicted molar refractivity (Wildman–Crippen MR) is 182 cm³/mol. The molecular formula is C37H42FNO9S. The highest BCUT2D eigenvalue weighted by atomic mass is 32.2. The van der Waals surface area contributed by atoms with Gasteiger partial charge in [0.25, 0.3) is 0 Å². The topological polar surface area (TPSA) is 170 Å². The molecule has 1 saturated heterocycles. The van der Waals surface area contributed by atoms with Crippen molar-refractivity contribution in [2.75, 3.05) is 16.9 Å². The van der Waals surface area contributed by atoms with E-state index in [4.69, 9.17) is 10.2 Å². The number of amides is 1. The van der Waals surface area contributed by atoms with Crippen LogP contribution in [0.15, 0.2) is 78.9 Å². The molecule has 3 aromatic carbocycles. The van der Waals surface area contributed by atoms with Crippen molar-refractivity contribution in [3.05, 3.63) is 107 Å². The third-order valence-corrected chi connectivity index (χ3v) is 9.80. The van der Waals surface area contributed by atoms with Crippen molar-refractivity contribution in [3.8, 4) is 5.75 Å². The lowest BCUT2D eigenvalue weighted by Gasteiger charge is -2.48. The third-order valence-electron chi connectivity index (χ3n) is 8.82. The first kappa shape index (κ1) is 37.3. The summed E-state index contributed by atoms with van der Waals surface area (Å²) >= 11 is 0. The molecule has 3 aromatic rings. The van der Waals surface area contributed by atoms with Gasteiger partial charge in [-0.15, -0.1) is 0 Å². The number of phenolic OH excluding ortho intramolecular Hbond substituents is 1. The Kier molecular flexibility index (Phi) is 12.7. The number of phenols is 1. The van der Waals surface area contributed by atoms with E-state index in [1.807, 2.05) is 36.4 Å². The molecule has 0 bridgehead atoms. The SMILES string of the molecule is CS(=O)(=O)CC/C=C/CCc1ccc(N2C(=O)[C@H](CC[C@H](O)c3ccc(F)cc3)[C@H]2c2ccc(CCCC(C(=O)O)C(=O)O)cc2O)cc1. The zero-order valence-corrected chi connectivity index (χ0v) is 28.1. The number of β-lactam (4-membered cyclic amide) rings is 1. The van der Waals surface area contributed by atoms with Crippen LogP contribution in [0.4, 0.5) is 10.1 Å². The molecule has 49 heavy (non-hydrogen) atoms. The number of aliphatic hydroxyl groups excluding tert-OH is 1. The molecule has 0 unspecified atom stereocenters. The highest BCUT2D eigenvalue weighted by Crippen LogP contribution is 2.48. The number of hydrogen-bond acceptors (Lipinski definition) is 7. The number of benzene rings is 3. The molecule has 1 aliphatic heterocycles. The van der Waals surface area contributed by atoms with Crippen LogP contribution in [-0.4, -0.2) is 58.7 Å². The van der Waals surface area contributed by atoms with E-state index in [0.29, 0.717) is 41.6 Å². The molecule has 1 heterocycles. The van der Waals surface area contributed by atoms with Crippen LogP contribution < -0.4 is 4.90 Å². The van der Waals surface area contributed by atoms with Gasteiger partial charge in [0.1, 0.15) is 21.4 Å². The summed E-state index contributed by atoms with van der Waals surface area (Å²) in [5.74, 6) is -5.42. The number of anilines is 1. The maximum atomic E-state index is 13.6. The first-order valence-corrected chi connectivity index (χ1v) is 18.3. The number of aliphatic hydroxyl groups is 1. The first-order valence-electron chi connectivity index (χ1n) is 16.2. The Labute approximate surface area is 285 Å². The van der Waals surface area contributed by atoms with Crippen LogP contribution in [0.3, 0.4) is 0 Å². The number of carbonyl (C=O) groups is 3. The number of allylic oxidation sites excluding steroid dienone is 2. The fourth-order valence-corrected chi connectivity index (χ4v) is 6.68. The van der Waals surface area contributed by atoms with Crippen molar-refractivity contribution < 1.29 is 47.6 Å². The van der Waals surface area contributed by atoms with Gasteiger partial charge in [-0.05, 0) is 98.4 Å². The standard InChI is InChI=1S/C37H42FNO9S/c1-49(47,48)22-5-3-2-4-7-24-10-17-28(18-11-24)39-34(30(35(39)42)20-21-32(40)26-13-15-27(38)16-14-26)29-19-12-25(23-33(29)41)8-6-9-31(36(43)44)37(45)46/h2-3,10-19,23,30-32,34,40-41H,4-9,20-22H2,1H3,(H,43,44)(H,45,46)/b3-2+/t30-,32+,34-/m1/s1. The Morgan fingerprint density at radius 1 is 0.898 bits per heavy atom. The number of halogens is 1. The molecule has 0 radical (unpaired) electrons. The summed E-state index contributed by atoms with van der Waals surface area (Å²) in [7, 11) is -3.01. The summed E-state index contributed by atoms with van der Waals surface area (Å²) in [5.41, 5.74) is 3.38. The Bertz CT molecular complexity index is 1740. The summed E-state index contributed by atoms with van der Waals surface area (Å²) < 4.78 is 36.0. The number of carboxylic acid groups (broad SMARTS) is 2. The van der Waals surface area contributed by atoms with Crippen LogP contribution in [0.25, 0.3) is 0 Å². The molecule has 1 aliphatic rings. The summed E-state index contributed by atoms with van der Waals surface area (Å²) in [4.78, 5) is 37.7. The van der Waals surface area contributed by atoms with E-state index in [2.05, 4.69) is 0 Å². The van der Waals surface area contributed by atoms with Crippen LogP contribution >= 0.6 is 0 Å². The highest BCUT2D eigenvalue weighted by Gasteiger charge is 2.49. The van der Waals surface area contributed by atoms with E-state index in [0.717, 1.165) is 18.4 Å². The van der Waals surface area contributed by atoms with Crippen molar-refractivity contribution in [3.63, 3.8) is 0 Å². The lowest BCUT2D eigenvalue weighted by Crippen LogP contribution is -2.55. The van der Waals surface area contributed by atoms with E-state index in [1.54, 1.807) is 23.1 Å². The molecule has 10 nitrogen and oxygen atoms in total. The van der Waals surface area contributed by atoms with E-state index < -0.39 is 51.6 Å². The van der Waals surface area contributed by atoms with E-state index in [-0.39, 0.29) is 36.7 Å². The molecule has 4 rings (SSSR count). The maximum absolute atomic E-state index is 13.6. The number of aromatic hydroxyl groups is 1. The normalized spacial score (nSPS) is 17.0. The van der Waals surface area contributed by atoms with Crippen LogP contribution in [-0.2, 0) is 37.1 Å². The summed E-state index contributed by atoms with van der Waals surface area (Å²) in [5, 5.41) is 40.2. The monoisotopic (exact) mass is 695 g/mol. The summed E-state index contributed by atoms with van der Waals surface area (Å²) in [6.45, 7) is 0. The van der Waals surface area contributed by atoms with Gasteiger partial charge in [-0.2, -0.15) is 0 Å². The maximum Gasteiger partial charge on any atom is 0.317 e. The molecule has 0 saturated carbocycles.